The average molecular weight is 360 g/mol. The van der Waals surface area contributed by atoms with Gasteiger partial charge in [0.25, 0.3) is 5.91 Å². The van der Waals surface area contributed by atoms with Crippen LogP contribution in [0.4, 0.5) is 5.69 Å². The maximum atomic E-state index is 13.3. The first-order valence-corrected chi connectivity index (χ1v) is 9.11. The van der Waals surface area contributed by atoms with Gasteiger partial charge in [-0.05, 0) is 55.7 Å². The molecule has 1 fully saturated rings. The Bertz CT molecular complexity index is 1030. The summed E-state index contributed by atoms with van der Waals surface area (Å²) >= 11 is 0. The highest BCUT2D eigenvalue weighted by Gasteiger charge is 2.53. The van der Waals surface area contributed by atoms with Crippen LogP contribution >= 0.6 is 0 Å². The van der Waals surface area contributed by atoms with E-state index in [9.17, 15) is 4.79 Å². The minimum atomic E-state index is -0.0801. The molecule has 1 spiro atoms. The van der Waals surface area contributed by atoms with E-state index >= 15 is 0 Å². The van der Waals surface area contributed by atoms with Gasteiger partial charge in [0, 0.05) is 17.6 Å². The van der Waals surface area contributed by atoms with Crippen LogP contribution in [0.25, 0.3) is 5.69 Å². The quantitative estimate of drug-likeness (QED) is 0.719. The van der Waals surface area contributed by atoms with Crippen molar-refractivity contribution in [2.75, 3.05) is 18.6 Å². The number of amides is 1. The Morgan fingerprint density at radius 1 is 1.11 bits per heavy atom. The lowest BCUT2D eigenvalue weighted by Crippen LogP contribution is -2.32. The van der Waals surface area contributed by atoms with Crippen LogP contribution in [-0.2, 0) is 5.41 Å². The molecule has 1 saturated carbocycles. The molecule has 2 aromatic carbocycles. The Balaban J connectivity index is 1.49. The number of rotatable bonds is 3. The fourth-order valence-corrected chi connectivity index (χ4v) is 4.01. The second kappa shape index (κ2) is 5.67. The number of benzene rings is 2. The zero-order valence-corrected chi connectivity index (χ0v) is 15.3. The molecule has 3 aromatic rings. The van der Waals surface area contributed by atoms with Crippen molar-refractivity contribution in [1.29, 1.82) is 0 Å². The number of ether oxygens (including phenoxy) is 1. The van der Waals surface area contributed by atoms with Crippen LogP contribution in [0, 0.1) is 6.92 Å². The van der Waals surface area contributed by atoms with Gasteiger partial charge in [-0.25, -0.2) is 4.68 Å². The van der Waals surface area contributed by atoms with E-state index in [0.29, 0.717) is 5.69 Å². The molecule has 0 N–H and O–H groups in total. The maximum absolute atomic E-state index is 13.3. The van der Waals surface area contributed by atoms with Crippen LogP contribution < -0.4 is 9.64 Å². The summed E-state index contributed by atoms with van der Waals surface area (Å²) in [6, 6.07) is 15.8. The summed E-state index contributed by atoms with van der Waals surface area (Å²) in [5.41, 5.74) is 4.45. The molecule has 27 heavy (non-hydrogen) atoms. The van der Waals surface area contributed by atoms with Crippen molar-refractivity contribution in [3.05, 3.63) is 65.5 Å². The number of hydrogen-bond acceptors (Lipinski definition) is 4. The highest BCUT2D eigenvalue weighted by Crippen LogP contribution is 2.56. The molecule has 0 atom stereocenters. The molecule has 6 heteroatoms. The average Bonchev–Trinajstić information content (AvgIpc) is 3.28. The predicted octanol–water partition coefficient (Wildman–Crippen LogP) is 3.28. The van der Waals surface area contributed by atoms with E-state index in [0.717, 1.165) is 42.2 Å². The Morgan fingerprint density at radius 3 is 2.56 bits per heavy atom. The molecule has 1 aromatic heterocycles. The number of para-hydroxylation sites is 1. The molecule has 136 valence electrons. The van der Waals surface area contributed by atoms with Gasteiger partial charge in [0.1, 0.15) is 5.75 Å². The normalized spacial score (nSPS) is 16.4. The van der Waals surface area contributed by atoms with E-state index in [1.807, 2.05) is 48.2 Å². The van der Waals surface area contributed by atoms with Crippen molar-refractivity contribution in [1.82, 2.24) is 15.0 Å². The molecule has 0 unspecified atom stereocenters. The minimum Gasteiger partial charge on any atom is -0.497 e. The van der Waals surface area contributed by atoms with Gasteiger partial charge in [-0.1, -0.05) is 23.4 Å². The third-order valence-corrected chi connectivity index (χ3v) is 5.74. The van der Waals surface area contributed by atoms with Crippen molar-refractivity contribution in [2.24, 2.45) is 0 Å². The molecule has 0 saturated heterocycles. The number of anilines is 1. The van der Waals surface area contributed by atoms with Crippen LogP contribution in [-0.4, -0.2) is 34.6 Å². The van der Waals surface area contributed by atoms with Crippen molar-refractivity contribution in [3.63, 3.8) is 0 Å². The van der Waals surface area contributed by atoms with Gasteiger partial charge in [0.2, 0.25) is 0 Å². The zero-order valence-electron chi connectivity index (χ0n) is 15.3. The summed E-state index contributed by atoms with van der Waals surface area (Å²) in [7, 11) is 1.63. The van der Waals surface area contributed by atoms with E-state index < -0.39 is 0 Å². The van der Waals surface area contributed by atoms with E-state index in [-0.39, 0.29) is 11.3 Å². The van der Waals surface area contributed by atoms with Gasteiger partial charge >= 0.3 is 0 Å². The molecular formula is C21H20N4O2. The number of carbonyl (C=O) groups is 1. The largest absolute Gasteiger partial charge is 0.497 e. The zero-order chi connectivity index (χ0) is 18.6. The Kier molecular flexibility index (Phi) is 3.37. The summed E-state index contributed by atoms with van der Waals surface area (Å²) in [6.07, 6.45) is 2.29. The summed E-state index contributed by atoms with van der Waals surface area (Å²) < 4.78 is 6.89. The van der Waals surface area contributed by atoms with E-state index in [4.69, 9.17) is 4.74 Å². The van der Waals surface area contributed by atoms with Crippen LogP contribution in [0.3, 0.4) is 0 Å². The van der Waals surface area contributed by atoms with E-state index in [1.165, 1.54) is 5.56 Å². The van der Waals surface area contributed by atoms with Gasteiger partial charge in [-0.15, -0.1) is 5.10 Å². The number of nitrogens with zero attached hydrogens (tertiary/aromatic N) is 4. The van der Waals surface area contributed by atoms with Gasteiger partial charge in [0.05, 0.1) is 18.5 Å². The number of carbonyl (C=O) groups excluding carboxylic acids is 1. The van der Waals surface area contributed by atoms with Crippen molar-refractivity contribution in [3.8, 4) is 11.4 Å². The van der Waals surface area contributed by atoms with Crippen LogP contribution in [0.1, 0.15) is 34.6 Å². The highest BCUT2D eigenvalue weighted by molar-refractivity contribution is 6.07. The number of hydrogen-bond donors (Lipinski definition) is 0. The van der Waals surface area contributed by atoms with Gasteiger partial charge in [-0.2, -0.15) is 0 Å². The first-order valence-electron chi connectivity index (χ1n) is 9.11. The molecule has 1 aliphatic carbocycles. The fourth-order valence-electron chi connectivity index (χ4n) is 4.01. The SMILES string of the molecule is COc1ccc(-n2nnc(C(=O)N3CC4(CC4)c4ccccc43)c2C)cc1. The number of methoxy groups -OCH3 is 1. The second-order valence-electron chi connectivity index (χ2n) is 7.32. The van der Waals surface area contributed by atoms with E-state index in [1.54, 1.807) is 11.8 Å². The number of fused-ring (bicyclic) bond motifs is 2. The molecular weight excluding hydrogens is 340 g/mol. The molecule has 1 aliphatic heterocycles. The second-order valence-corrected chi connectivity index (χ2v) is 7.32. The molecule has 2 aliphatic rings. The Morgan fingerprint density at radius 2 is 1.85 bits per heavy atom. The fraction of sp³-hybridized carbons (Fsp3) is 0.286. The van der Waals surface area contributed by atoms with Gasteiger partial charge in [-0.3, -0.25) is 4.79 Å². The molecule has 5 rings (SSSR count). The lowest BCUT2D eigenvalue weighted by Gasteiger charge is -2.16. The topological polar surface area (TPSA) is 60.2 Å². The first kappa shape index (κ1) is 16.1. The Labute approximate surface area is 157 Å². The lowest BCUT2D eigenvalue weighted by molar-refractivity contribution is 0.0982. The lowest BCUT2D eigenvalue weighted by atomic mass is 9.99. The molecule has 1 amide bonds. The molecule has 6 nitrogen and oxygen atoms in total. The van der Waals surface area contributed by atoms with Crippen LogP contribution in [0.15, 0.2) is 48.5 Å². The summed E-state index contributed by atoms with van der Waals surface area (Å²) in [4.78, 5) is 15.2. The van der Waals surface area contributed by atoms with Crippen molar-refractivity contribution in [2.45, 2.75) is 25.2 Å². The summed E-state index contributed by atoms with van der Waals surface area (Å²) in [5.74, 6) is 0.694. The van der Waals surface area contributed by atoms with Crippen molar-refractivity contribution >= 4 is 11.6 Å². The highest BCUT2D eigenvalue weighted by atomic mass is 16.5. The Hall–Kier alpha value is -3.15. The van der Waals surface area contributed by atoms with Gasteiger partial charge in [0.15, 0.2) is 5.69 Å². The summed E-state index contributed by atoms with van der Waals surface area (Å²) in [5, 5.41) is 8.43. The number of aromatic nitrogens is 3. The summed E-state index contributed by atoms with van der Waals surface area (Å²) in [6.45, 7) is 2.62. The van der Waals surface area contributed by atoms with Crippen LogP contribution in [0.5, 0.6) is 5.75 Å². The van der Waals surface area contributed by atoms with Gasteiger partial charge < -0.3 is 9.64 Å². The standard InChI is InChI=1S/C21H20N4O2/c1-14-19(22-23-25(14)15-7-9-16(27-2)10-8-15)20(26)24-13-21(11-12-21)17-5-3-4-6-18(17)24/h3-10H,11-13H2,1-2H3. The van der Waals surface area contributed by atoms with E-state index in [2.05, 4.69) is 22.4 Å². The third-order valence-electron chi connectivity index (χ3n) is 5.74. The molecule has 0 radical (unpaired) electrons. The third kappa shape index (κ3) is 2.36. The smallest absolute Gasteiger partial charge is 0.280 e. The maximum Gasteiger partial charge on any atom is 0.280 e. The molecule has 0 bridgehead atoms. The first-order chi connectivity index (χ1) is 13.1. The monoisotopic (exact) mass is 360 g/mol. The van der Waals surface area contributed by atoms with Crippen molar-refractivity contribution < 1.29 is 9.53 Å². The minimum absolute atomic E-state index is 0.0801. The predicted molar refractivity (Wildman–Crippen MR) is 102 cm³/mol. The molecule has 2 heterocycles. The van der Waals surface area contributed by atoms with Crippen LogP contribution in [0.2, 0.25) is 0 Å².